The Morgan fingerprint density at radius 1 is 0.435 bits per heavy atom. The molecule has 5 aliphatic rings. The van der Waals surface area contributed by atoms with Crippen LogP contribution in [0.2, 0.25) is 0 Å². The van der Waals surface area contributed by atoms with Crippen LogP contribution in [-0.2, 0) is 0 Å². The highest BCUT2D eigenvalue weighted by atomic mass is 14.6. The summed E-state index contributed by atoms with van der Waals surface area (Å²) in [5.74, 6) is 14.6. The summed E-state index contributed by atoms with van der Waals surface area (Å²) in [4.78, 5) is 0. The molecular formula is C46H90. The van der Waals surface area contributed by atoms with Crippen LogP contribution in [0.4, 0.5) is 0 Å². The SMILES string of the molecule is CC(C)C1CC1C(C)C.CC(C)C1CCC(C(C)C)C(C(C)(C)C)C1.CC(C)C1CCC(C(C)C)CC1.CC1CC(C)C12CCC2. The van der Waals surface area contributed by atoms with E-state index in [1.165, 1.54) is 77.0 Å². The standard InChI is InChI=1S/C16H32.C12H24.C9H16.C9H18/c1-11(2)13-8-9-14(12(3)4)15(10-13)16(5,6)7;1-9(2)11-5-7-12(8-6-11)10(3)4;1-7-6-8(2)9(7)4-3-5-9;1-6(2)8-5-9(8)7(3)4/h11-15H,8-10H2,1-7H3;9-12H,5-8H2,1-4H3;7-8H,3-6H2,1-2H3;6-9H,5H2,1-4H3. The van der Waals surface area contributed by atoms with Crippen molar-refractivity contribution in [2.45, 2.75) is 195 Å². The average Bonchev–Trinajstić information content (AvgIpc) is 3.74. The molecule has 0 N–H and O–H groups in total. The number of hydrogen-bond donors (Lipinski definition) is 0. The molecule has 5 rings (SSSR count). The van der Waals surface area contributed by atoms with E-state index in [1.807, 2.05) is 0 Å². The van der Waals surface area contributed by atoms with Crippen LogP contribution in [0.15, 0.2) is 0 Å². The second-order valence-electron chi connectivity index (χ2n) is 21.0. The second kappa shape index (κ2) is 18.3. The summed E-state index contributed by atoms with van der Waals surface area (Å²) in [5.41, 5.74) is 1.35. The molecule has 0 aromatic carbocycles. The van der Waals surface area contributed by atoms with Gasteiger partial charge in [-0.1, -0.05) is 124 Å². The van der Waals surface area contributed by atoms with Gasteiger partial charge in [0, 0.05) is 0 Å². The van der Waals surface area contributed by atoms with E-state index >= 15 is 0 Å². The molecule has 46 heavy (non-hydrogen) atoms. The van der Waals surface area contributed by atoms with E-state index in [0.717, 1.165) is 94.2 Å². The highest BCUT2D eigenvalue weighted by Crippen LogP contribution is 2.63. The van der Waals surface area contributed by atoms with Crippen LogP contribution in [0.5, 0.6) is 0 Å². The minimum atomic E-state index is 0.489. The highest BCUT2D eigenvalue weighted by Gasteiger charge is 2.53. The Labute approximate surface area is 293 Å². The molecule has 0 radical (unpaired) electrons. The number of rotatable bonds is 6. The van der Waals surface area contributed by atoms with Gasteiger partial charge < -0.3 is 0 Å². The van der Waals surface area contributed by atoms with Gasteiger partial charge in [-0.15, -0.1) is 0 Å². The first-order valence-corrected chi connectivity index (χ1v) is 21.2. The smallest absolute Gasteiger partial charge is 0.0246 e. The molecule has 0 heteroatoms. The molecule has 5 saturated carbocycles. The van der Waals surface area contributed by atoms with Gasteiger partial charge in [0.25, 0.3) is 0 Å². The van der Waals surface area contributed by atoms with Crippen molar-refractivity contribution in [2.75, 3.05) is 0 Å². The molecule has 0 nitrogen and oxygen atoms in total. The normalized spacial score (nSPS) is 35.2. The molecule has 7 atom stereocenters. The molecule has 1 spiro atoms. The van der Waals surface area contributed by atoms with Gasteiger partial charge in [-0.3, -0.25) is 0 Å². The van der Waals surface area contributed by atoms with Gasteiger partial charge >= 0.3 is 0 Å². The summed E-state index contributed by atoms with van der Waals surface area (Å²) in [6, 6.07) is 0. The maximum absolute atomic E-state index is 2.44. The van der Waals surface area contributed by atoms with Crippen LogP contribution in [0, 0.1) is 99.6 Å². The Kier molecular flexibility index (Phi) is 16.8. The van der Waals surface area contributed by atoms with E-state index in [0.29, 0.717) is 5.41 Å². The second-order valence-corrected chi connectivity index (χ2v) is 21.0. The number of hydrogen-bond acceptors (Lipinski definition) is 0. The molecule has 0 aliphatic heterocycles. The predicted molar refractivity (Wildman–Crippen MR) is 209 cm³/mol. The molecule has 0 heterocycles. The molecule has 0 aromatic heterocycles. The lowest BCUT2D eigenvalue weighted by molar-refractivity contribution is -0.100. The molecule has 5 aliphatic carbocycles. The molecular weight excluding hydrogens is 553 g/mol. The highest BCUT2D eigenvalue weighted by molar-refractivity contribution is 5.03. The van der Waals surface area contributed by atoms with E-state index in [9.17, 15) is 0 Å². The van der Waals surface area contributed by atoms with Gasteiger partial charge in [-0.2, -0.15) is 0 Å². The van der Waals surface area contributed by atoms with Crippen molar-refractivity contribution in [1.82, 2.24) is 0 Å². The van der Waals surface area contributed by atoms with Gasteiger partial charge in [-0.05, 0) is 170 Å². The lowest BCUT2D eigenvalue weighted by Crippen LogP contribution is -2.51. The van der Waals surface area contributed by atoms with Crippen LogP contribution < -0.4 is 0 Å². The fourth-order valence-corrected chi connectivity index (χ4v) is 10.8. The zero-order valence-corrected chi connectivity index (χ0v) is 35.1. The summed E-state index contributed by atoms with van der Waals surface area (Å²) < 4.78 is 0. The van der Waals surface area contributed by atoms with Crippen molar-refractivity contribution >= 4 is 0 Å². The van der Waals surface area contributed by atoms with Gasteiger partial charge in [0.1, 0.15) is 0 Å². The van der Waals surface area contributed by atoms with Crippen molar-refractivity contribution in [3.05, 3.63) is 0 Å². The minimum Gasteiger partial charge on any atom is -0.0625 e. The van der Waals surface area contributed by atoms with Crippen molar-refractivity contribution < 1.29 is 0 Å². The zero-order chi connectivity index (χ0) is 35.1. The fourth-order valence-electron chi connectivity index (χ4n) is 10.8. The molecule has 0 bridgehead atoms. The first-order chi connectivity index (χ1) is 21.2. The third kappa shape index (κ3) is 11.8. The van der Waals surface area contributed by atoms with Gasteiger partial charge in [-0.25, -0.2) is 0 Å². The van der Waals surface area contributed by atoms with Crippen molar-refractivity contribution in [3.63, 3.8) is 0 Å². The van der Waals surface area contributed by atoms with Crippen LogP contribution in [0.25, 0.3) is 0 Å². The molecule has 5 fully saturated rings. The maximum Gasteiger partial charge on any atom is -0.0246 e. The fraction of sp³-hybridized carbons (Fsp3) is 1.00. The van der Waals surface area contributed by atoms with Crippen molar-refractivity contribution in [2.24, 2.45) is 99.6 Å². The summed E-state index contributed by atoms with van der Waals surface area (Å²) in [5, 5.41) is 0. The van der Waals surface area contributed by atoms with Crippen LogP contribution in [-0.4, -0.2) is 0 Å². The Morgan fingerprint density at radius 3 is 1.02 bits per heavy atom. The summed E-state index contributed by atoms with van der Waals surface area (Å²) in [7, 11) is 0. The average molecular weight is 643 g/mol. The Hall–Kier alpha value is 0. The molecule has 7 unspecified atom stereocenters. The van der Waals surface area contributed by atoms with E-state index < -0.39 is 0 Å². The predicted octanol–water partition coefficient (Wildman–Crippen LogP) is 15.2. The van der Waals surface area contributed by atoms with Crippen LogP contribution in [0.3, 0.4) is 0 Å². The Bertz CT molecular complexity index is 769. The first-order valence-electron chi connectivity index (χ1n) is 21.2. The lowest BCUT2D eigenvalue weighted by Gasteiger charge is -2.60. The molecule has 274 valence electrons. The Morgan fingerprint density at radius 2 is 0.804 bits per heavy atom. The van der Waals surface area contributed by atoms with E-state index in [1.54, 1.807) is 0 Å². The largest absolute Gasteiger partial charge is 0.0625 e. The van der Waals surface area contributed by atoms with Crippen molar-refractivity contribution in [1.29, 1.82) is 0 Å². The van der Waals surface area contributed by atoms with E-state index in [-0.39, 0.29) is 0 Å². The molecule has 0 aromatic rings. The van der Waals surface area contributed by atoms with Crippen molar-refractivity contribution in [3.8, 4) is 0 Å². The lowest BCUT2D eigenvalue weighted by atomic mass is 9.45. The van der Waals surface area contributed by atoms with E-state index in [2.05, 4.69) is 118 Å². The molecule has 0 saturated heterocycles. The van der Waals surface area contributed by atoms with Gasteiger partial charge in [0.15, 0.2) is 0 Å². The monoisotopic (exact) mass is 643 g/mol. The first kappa shape index (κ1) is 42.2. The van der Waals surface area contributed by atoms with Crippen LogP contribution >= 0.6 is 0 Å². The Balaban J connectivity index is 0.000000219. The third-order valence-corrected chi connectivity index (χ3v) is 15.1. The summed E-state index contributed by atoms with van der Waals surface area (Å²) in [6.45, 7) is 40.7. The van der Waals surface area contributed by atoms with Crippen LogP contribution in [0.1, 0.15) is 195 Å². The van der Waals surface area contributed by atoms with E-state index in [4.69, 9.17) is 0 Å². The zero-order valence-electron chi connectivity index (χ0n) is 35.1. The maximum atomic E-state index is 2.44. The summed E-state index contributed by atoms with van der Waals surface area (Å²) >= 11 is 0. The summed E-state index contributed by atoms with van der Waals surface area (Å²) in [6.07, 6.45) is 17.9. The van der Waals surface area contributed by atoms with Gasteiger partial charge in [0.2, 0.25) is 0 Å². The molecule has 0 amide bonds. The van der Waals surface area contributed by atoms with Gasteiger partial charge in [0.05, 0.1) is 0 Å². The quantitative estimate of drug-likeness (QED) is 0.270. The third-order valence-electron chi connectivity index (χ3n) is 15.1. The minimum absolute atomic E-state index is 0.489. The topological polar surface area (TPSA) is 0 Å².